The van der Waals surface area contributed by atoms with Crippen molar-refractivity contribution in [1.29, 1.82) is 0 Å². The van der Waals surface area contributed by atoms with Crippen molar-refractivity contribution in [2.24, 2.45) is 0 Å². The number of hydrogen-bond acceptors (Lipinski definition) is 8. The number of hydrogen-bond donors (Lipinski definition) is 2. The Kier molecular flexibility index (Phi) is 7.88. The zero-order valence-electron chi connectivity index (χ0n) is 25.4. The Balaban J connectivity index is 1.47. The molecule has 8 nitrogen and oxygen atoms in total. The van der Waals surface area contributed by atoms with E-state index in [2.05, 4.69) is 20.1 Å². The zero-order chi connectivity index (χ0) is 33.2. The molecule has 0 radical (unpaired) electrons. The Morgan fingerprint density at radius 2 is 2.09 bits per heavy atom. The lowest BCUT2D eigenvalue weighted by molar-refractivity contribution is -0.137. The highest BCUT2D eigenvalue weighted by Gasteiger charge is 2.49. The summed E-state index contributed by atoms with van der Waals surface area (Å²) >= 11 is 0.710. The fourth-order valence-corrected chi connectivity index (χ4v) is 8.53. The quantitative estimate of drug-likeness (QED) is 0.160. The molecule has 47 heavy (non-hydrogen) atoms. The van der Waals surface area contributed by atoms with Crippen molar-refractivity contribution in [2.75, 3.05) is 50.0 Å². The van der Waals surface area contributed by atoms with Gasteiger partial charge in [0.1, 0.15) is 29.9 Å². The van der Waals surface area contributed by atoms with Crippen LogP contribution in [0.1, 0.15) is 38.2 Å². The number of nitrogens with two attached hydrogens (primary N) is 1. The van der Waals surface area contributed by atoms with E-state index in [1.54, 1.807) is 0 Å². The molecule has 3 aliphatic heterocycles. The Bertz CT molecular complexity index is 1920. The van der Waals surface area contributed by atoms with E-state index in [0.29, 0.717) is 43.8 Å². The van der Waals surface area contributed by atoms with Crippen molar-refractivity contribution in [3.8, 4) is 17.1 Å². The molecular formula is C32H31F6N7OS. The number of anilines is 2. The van der Waals surface area contributed by atoms with E-state index in [9.17, 15) is 22.0 Å². The lowest BCUT2D eigenvalue weighted by Crippen LogP contribution is -2.43. The Morgan fingerprint density at radius 1 is 1.28 bits per heavy atom. The number of nitrogen functional groups attached to an aromatic ring is 1. The van der Waals surface area contributed by atoms with Crippen molar-refractivity contribution < 1.29 is 31.1 Å². The number of aromatic nitrogens is 2. The van der Waals surface area contributed by atoms with Crippen molar-refractivity contribution in [1.82, 2.24) is 20.2 Å². The summed E-state index contributed by atoms with van der Waals surface area (Å²) in [6, 6.07) is 2.41. The predicted molar refractivity (Wildman–Crippen MR) is 169 cm³/mol. The SMILES string of the molecule is [C-]#[N+]c1c(N)sc2c(F)ccc(-c3c(C(F)(F)F)cc4c(N(CC)[C@@H]5CCNC5)nc(OC[C@@]56CCCN5C[C@H](F)C6)nc4c3F)c12. The molecular weight excluding hydrogens is 644 g/mol. The van der Waals surface area contributed by atoms with Crippen LogP contribution in [0.2, 0.25) is 0 Å². The van der Waals surface area contributed by atoms with E-state index in [1.807, 2.05) is 16.7 Å². The number of thiophene rings is 1. The van der Waals surface area contributed by atoms with Gasteiger partial charge in [0.15, 0.2) is 5.82 Å². The summed E-state index contributed by atoms with van der Waals surface area (Å²) in [6.45, 7) is 12.1. The number of benzene rings is 2. The molecule has 5 heterocycles. The fourth-order valence-electron chi connectivity index (χ4n) is 7.59. The van der Waals surface area contributed by atoms with E-state index in [1.165, 1.54) is 0 Å². The van der Waals surface area contributed by atoms with E-state index in [4.69, 9.17) is 17.0 Å². The number of ether oxygens (including phenoxy) is 1. The van der Waals surface area contributed by atoms with Gasteiger partial charge < -0.3 is 20.7 Å². The van der Waals surface area contributed by atoms with Crippen LogP contribution in [-0.2, 0) is 6.18 Å². The summed E-state index contributed by atoms with van der Waals surface area (Å²) in [7, 11) is 0. The van der Waals surface area contributed by atoms with Crippen LogP contribution in [0.25, 0.3) is 37.0 Å². The van der Waals surface area contributed by atoms with Gasteiger partial charge >= 0.3 is 12.2 Å². The van der Waals surface area contributed by atoms with Crippen LogP contribution in [0.5, 0.6) is 6.01 Å². The van der Waals surface area contributed by atoms with Gasteiger partial charge in [0.25, 0.3) is 0 Å². The number of fused-ring (bicyclic) bond motifs is 3. The first-order valence-corrected chi connectivity index (χ1v) is 16.3. The monoisotopic (exact) mass is 675 g/mol. The molecule has 0 spiro atoms. The molecule has 7 rings (SSSR count). The van der Waals surface area contributed by atoms with Crippen LogP contribution in [0, 0.1) is 18.2 Å². The third-order valence-corrected chi connectivity index (χ3v) is 10.7. The average molecular weight is 676 g/mol. The number of rotatable bonds is 7. The summed E-state index contributed by atoms with van der Waals surface area (Å²) < 4.78 is 97.0. The lowest BCUT2D eigenvalue weighted by atomic mass is 9.93. The van der Waals surface area contributed by atoms with Crippen molar-refractivity contribution >= 4 is 48.8 Å². The summed E-state index contributed by atoms with van der Waals surface area (Å²) in [6.07, 6.45) is -3.56. The normalized spacial score (nSPS) is 23.1. The molecule has 3 atom stereocenters. The second kappa shape index (κ2) is 11.7. The van der Waals surface area contributed by atoms with E-state index in [0.717, 1.165) is 31.2 Å². The smallest absolute Gasteiger partial charge is 0.417 e. The molecule has 2 aromatic heterocycles. The summed E-state index contributed by atoms with van der Waals surface area (Å²) in [4.78, 5) is 16.1. The van der Waals surface area contributed by atoms with E-state index in [-0.39, 0.29) is 69.2 Å². The minimum atomic E-state index is -5.06. The maximum Gasteiger partial charge on any atom is 0.417 e. The van der Waals surface area contributed by atoms with Crippen molar-refractivity contribution in [3.05, 3.63) is 46.8 Å². The number of nitrogens with one attached hydrogen (secondary N) is 1. The van der Waals surface area contributed by atoms with Crippen LogP contribution in [0.3, 0.4) is 0 Å². The molecule has 3 aliphatic rings. The predicted octanol–water partition coefficient (Wildman–Crippen LogP) is 7.08. The molecule has 3 N–H and O–H groups in total. The Hall–Kier alpha value is -3.87. The fraction of sp³-hybridized carbons (Fsp3) is 0.469. The second-order valence-electron chi connectivity index (χ2n) is 12.4. The van der Waals surface area contributed by atoms with Gasteiger partial charge in [-0.15, -0.1) is 11.3 Å². The third kappa shape index (κ3) is 5.21. The third-order valence-electron chi connectivity index (χ3n) is 9.69. The van der Waals surface area contributed by atoms with Gasteiger partial charge in [0, 0.05) is 48.4 Å². The Labute approximate surface area is 270 Å². The lowest BCUT2D eigenvalue weighted by Gasteiger charge is -2.32. The summed E-state index contributed by atoms with van der Waals surface area (Å²) in [5, 5.41) is 2.78. The topological polar surface area (TPSA) is 83.9 Å². The van der Waals surface area contributed by atoms with Crippen LogP contribution < -0.4 is 20.7 Å². The molecule has 0 bridgehead atoms. The summed E-state index contributed by atoms with van der Waals surface area (Å²) in [5.74, 6) is -2.03. The molecule has 0 unspecified atom stereocenters. The molecule has 0 amide bonds. The van der Waals surface area contributed by atoms with Gasteiger partial charge in [-0.2, -0.15) is 23.1 Å². The standard InChI is InChI=1S/C32H31F6N7OS/c1-3-45(17-7-9-41-13-17)29-19-11-20(32(36,37)38)22(18-5-6-21(34)27-23(18)26(40-2)28(39)47-27)24(35)25(19)42-30(43-29)46-15-31-8-4-10-44(31)14-16(33)12-31/h5-6,11,16-17,41H,3-4,7-10,12-15,39H2,1H3/t16-,17-,31+/m1/s1. The van der Waals surface area contributed by atoms with Gasteiger partial charge in [-0.05, 0) is 57.0 Å². The van der Waals surface area contributed by atoms with Crippen molar-refractivity contribution in [2.45, 2.75) is 56.5 Å². The molecule has 248 valence electrons. The molecule has 0 aliphatic carbocycles. The summed E-state index contributed by atoms with van der Waals surface area (Å²) in [5.41, 5.74) is 2.18. The molecule has 3 saturated heterocycles. The van der Waals surface area contributed by atoms with Gasteiger partial charge in [-0.25, -0.2) is 18.0 Å². The minimum absolute atomic E-state index is 0.0334. The highest BCUT2D eigenvalue weighted by atomic mass is 32.1. The average Bonchev–Trinajstić information content (AvgIpc) is 3.81. The van der Waals surface area contributed by atoms with Crippen molar-refractivity contribution in [3.63, 3.8) is 0 Å². The maximum atomic E-state index is 17.0. The van der Waals surface area contributed by atoms with Gasteiger partial charge in [0.05, 0.1) is 27.4 Å². The van der Waals surface area contributed by atoms with Gasteiger partial charge in [0.2, 0.25) is 5.69 Å². The van der Waals surface area contributed by atoms with Crippen LogP contribution in [-0.4, -0.2) is 72.0 Å². The first-order valence-electron chi connectivity index (χ1n) is 15.4. The van der Waals surface area contributed by atoms with Crippen LogP contribution >= 0.6 is 11.3 Å². The number of halogens is 6. The second-order valence-corrected chi connectivity index (χ2v) is 13.4. The number of nitrogens with zero attached hydrogens (tertiary/aromatic N) is 5. The molecule has 4 aromatic rings. The molecule has 0 saturated carbocycles. The number of alkyl halides is 4. The highest BCUT2D eigenvalue weighted by Crippen LogP contribution is 2.51. The van der Waals surface area contributed by atoms with E-state index < -0.39 is 46.2 Å². The van der Waals surface area contributed by atoms with Crippen LogP contribution in [0.15, 0.2) is 18.2 Å². The first kappa shape index (κ1) is 31.7. The van der Waals surface area contributed by atoms with E-state index >= 15 is 4.39 Å². The Morgan fingerprint density at radius 3 is 2.79 bits per heavy atom. The van der Waals surface area contributed by atoms with Gasteiger partial charge in [-0.1, -0.05) is 6.07 Å². The molecule has 3 fully saturated rings. The first-order chi connectivity index (χ1) is 22.5. The molecule has 2 aromatic carbocycles. The largest absolute Gasteiger partial charge is 0.461 e. The minimum Gasteiger partial charge on any atom is -0.461 e. The molecule has 15 heteroatoms. The number of likely N-dealkylation sites (N-methyl/N-ethyl adjacent to an activating group) is 1. The van der Waals surface area contributed by atoms with Crippen LogP contribution in [0.4, 0.5) is 42.8 Å². The van der Waals surface area contributed by atoms with Gasteiger partial charge in [-0.3, -0.25) is 4.90 Å². The maximum absolute atomic E-state index is 17.0. The highest BCUT2D eigenvalue weighted by molar-refractivity contribution is 7.23. The zero-order valence-corrected chi connectivity index (χ0v) is 26.2.